The first-order valence-electron chi connectivity index (χ1n) is 5.27. The van der Waals surface area contributed by atoms with E-state index in [2.05, 4.69) is 4.90 Å². The average molecular weight is 203 g/mol. The van der Waals surface area contributed by atoms with Crippen LogP contribution in [0.2, 0.25) is 0 Å². The zero-order valence-corrected chi connectivity index (χ0v) is 8.85. The maximum absolute atomic E-state index is 9.24. The summed E-state index contributed by atoms with van der Waals surface area (Å²) in [5.74, 6) is 0.680. The van der Waals surface area contributed by atoms with Crippen LogP contribution < -0.4 is 0 Å². The van der Waals surface area contributed by atoms with Gasteiger partial charge in [0.05, 0.1) is 12.7 Å². The van der Waals surface area contributed by atoms with Gasteiger partial charge in [0.2, 0.25) is 0 Å². The molecule has 1 aliphatic rings. The molecule has 4 nitrogen and oxygen atoms in total. The van der Waals surface area contributed by atoms with Gasteiger partial charge in [-0.3, -0.25) is 0 Å². The molecule has 1 atom stereocenters. The van der Waals surface area contributed by atoms with Gasteiger partial charge in [0.15, 0.2) is 0 Å². The molecule has 4 heteroatoms. The third kappa shape index (κ3) is 4.37. The normalized spacial score (nSPS) is 21.4. The van der Waals surface area contributed by atoms with E-state index in [0.29, 0.717) is 12.5 Å². The molecule has 1 aliphatic heterocycles. The highest BCUT2D eigenvalue weighted by molar-refractivity contribution is 4.69. The monoisotopic (exact) mass is 203 g/mol. The Kier molecular flexibility index (Phi) is 5.40. The van der Waals surface area contributed by atoms with Crippen LogP contribution in [0.15, 0.2) is 0 Å². The van der Waals surface area contributed by atoms with Crippen molar-refractivity contribution in [2.24, 2.45) is 5.92 Å². The Morgan fingerprint density at radius 1 is 1.43 bits per heavy atom. The minimum atomic E-state index is -0.611. The molecule has 1 heterocycles. The van der Waals surface area contributed by atoms with Gasteiger partial charge in [0.25, 0.3) is 0 Å². The molecule has 1 rings (SSSR count). The Labute approximate surface area is 85.5 Å². The molecule has 0 saturated carbocycles. The van der Waals surface area contributed by atoms with Crippen molar-refractivity contribution >= 4 is 0 Å². The van der Waals surface area contributed by atoms with Crippen LogP contribution in [0.4, 0.5) is 0 Å². The molecule has 0 radical (unpaired) electrons. The number of hydrogen-bond donors (Lipinski definition) is 2. The average Bonchev–Trinajstić information content (AvgIpc) is 2.19. The lowest BCUT2D eigenvalue weighted by Crippen LogP contribution is -2.36. The van der Waals surface area contributed by atoms with Gasteiger partial charge >= 0.3 is 0 Å². The lowest BCUT2D eigenvalue weighted by atomic mass is 10.00. The maximum Gasteiger partial charge on any atom is 0.0897 e. The maximum atomic E-state index is 9.24. The number of likely N-dealkylation sites (N-methyl/N-ethyl adjacent to an activating group) is 1. The van der Waals surface area contributed by atoms with Crippen LogP contribution in [0.25, 0.3) is 0 Å². The quantitative estimate of drug-likeness (QED) is 0.644. The molecule has 1 fully saturated rings. The third-order valence-electron chi connectivity index (χ3n) is 2.64. The Morgan fingerprint density at radius 3 is 2.64 bits per heavy atom. The van der Waals surface area contributed by atoms with Gasteiger partial charge in [0.1, 0.15) is 0 Å². The van der Waals surface area contributed by atoms with Gasteiger partial charge in [-0.15, -0.1) is 0 Å². The zero-order chi connectivity index (χ0) is 10.4. The number of aliphatic hydroxyl groups is 2. The van der Waals surface area contributed by atoms with E-state index in [-0.39, 0.29) is 6.61 Å². The van der Waals surface area contributed by atoms with Gasteiger partial charge in [-0.1, -0.05) is 0 Å². The number of hydrogen-bond acceptors (Lipinski definition) is 4. The first kappa shape index (κ1) is 11.9. The number of nitrogens with zero attached hydrogens (tertiary/aromatic N) is 1. The smallest absolute Gasteiger partial charge is 0.0897 e. The van der Waals surface area contributed by atoms with Crippen molar-refractivity contribution in [3.8, 4) is 0 Å². The van der Waals surface area contributed by atoms with E-state index in [1.165, 1.54) is 0 Å². The number of aliphatic hydroxyl groups excluding tert-OH is 2. The van der Waals surface area contributed by atoms with E-state index < -0.39 is 6.10 Å². The molecule has 1 saturated heterocycles. The molecule has 0 aromatic heterocycles. The van der Waals surface area contributed by atoms with Crippen LogP contribution in [0.5, 0.6) is 0 Å². The second-order valence-corrected chi connectivity index (χ2v) is 4.11. The van der Waals surface area contributed by atoms with Crippen LogP contribution in [0, 0.1) is 5.92 Å². The summed E-state index contributed by atoms with van der Waals surface area (Å²) in [6.45, 7) is 3.11. The fourth-order valence-corrected chi connectivity index (χ4v) is 1.86. The molecular formula is C10H21NO3. The lowest BCUT2D eigenvalue weighted by molar-refractivity contribution is 0.0367. The molecule has 0 bridgehead atoms. The highest BCUT2D eigenvalue weighted by atomic mass is 16.5. The van der Waals surface area contributed by atoms with Crippen molar-refractivity contribution < 1.29 is 14.9 Å². The molecule has 0 aromatic rings. The molecule has 2 N–H and O–H groups in total. The van der Waals surface area contributed by atoms with E-state index in [1.807, 2.05) is 7.05 Å². The SMILES string of the molecule is CN(CC(O)CO)CC1CCOCC1. The van der Waals surface area contributed by atoms with Crippen molar-refractivity contribution in [2.75, 3.05) is 40.0 Å². The fourth-order valence-electron chi connectivity index (χ4n) is 1.86. The summed E-state index contributed by atoms with van der Waals surface area (Å²) in [5, 5.41) is 17.9. The summed E-state index contributed by atoms with van der Waals surface area (Å²) in [5.41, 5.74) is 0. The van der Waals surface area contributed by atoms with Crippen LogP contribution in [-0.4, -0.2) is 61.2 Å². The van der Waals surface area contributed by atoms with Crippen LogP contribution in [0.1, 0.15) is 12.8 Å². The van der Waals surface area contributed by atoms with Crippen molar-refractivity contribution in [3.05, 3.63) is 0 Å². The predicted molar refractivity (Wildman–Crippen MR) is 54.1 cm³/mol. The van der Waals surface area contributed by atoms with Crippen LogP contribution in [0.3, 0.4) is 0 Å². The molecule has 0 spiro atoms. The van der Waals surface area contributed by atoms with E-state index >= 15 is 0 Å². The topological polar surface area (TPSA) is 52.9 Å². The molecule has 84 valence electrons. The Balaban J connectivity index is 2.14. The zero-order valence-electron chi connectivity index (χ0n) is 8.85. The highest BCUT2D eigenvalue weighted by Gasteiger charge is 2.16. The summed E-state index contributed by atoms with van der Waals surface area (Å²) < 4.78 is 5.28. The third-order valence-corrected chi connectivity index (χ3v) is 2.64. The summed E-state index contributed by atoms with van der Waals surface area (Å²) >= 11 is 0. The van der Waals surface area contributed by atoms with Gasteiger partial charge in [-0.05, 0) is 25.8 Å². The first-order chi connectivity index (χ1) is 6.72. The summed E-state index contributed by atoms with van der Waals surface area (Å²) in [7, 11) is 1.98. The molecule has 14 heavy (non-hydrogen) atoms. The Morgan fingerprint density at radius 2 is 2.07 bits per heavy atom. The van der Waals surface area contributed by atoms with E-state index in [9.17, 15) is 5.11 Å². The van der Waals surface area contributed by atoms with E-state index in [4.69, 9.17) is 9.84 Å². The van der Waals surface area contributed by atoms with Gasteiger partial charge in [-0.25, -0.2) is 0 Å². The van der Waals surface area contributed by atoms with E-state index in [1.54, 1.807) is 0 Å². The molecule has 0 amide bonds. The Bertz CT molecular complexity index is 148. The standard InChI is InChI=1S/C10H21NO3/c1-11(7-10(13)8-12)6-9-2-4-14-5-3-9/h9-10,12-13H,2-8H2,1H3. The summed E-state index contributed by atoms with van der Waals surface area (Å²) in [6.07, 6.45) is 1.61. The summed E-state index contributed by atoms with van der Waals surface area (Å²) in [6, 6.07) is 0. The van der Waals surface area contributed by atoms with Gasteiger partial charge in [0, 0.05) is 26.3 Å². The first-order valence-corrected chi connectivity index (χ1v) is 5.27. The molecular weight excluding hydrogens is 182 g/mol. The number of rotatable bonds is 5. The van der Waals surface area contributed by atoms with Crippen molar-refractivity contribution in [3.63, 3.8) is 0 Å². The minimum Gasteiger partial charge on any atom is -0.394 e. The highest BCUT2D eigenvalue weighted by Crippen LogP contribution is 2.15. The Hall–Kier alpha value is -0.160. The number of ether oxygens (including phenoxy) is 1. The lowest BCUT2D eigenvalue weighted by Gasteiger charge is -2.27. The summed E-state index contributed by atoms with van der Waals surface area (Å²) in [4.78, 5) is 2.08. The molecule has 0 aliphatic carbocycles. The molecule has 1 unspecified atom stereocenters. The second-order valence-electron chi connectivity index (χ2n) is 4.11. The van der Waals surface area contributed by atoms with Crippen LogP contribution in [-0.2, 0) is 4.74 Å². The van der Waals surface area contributed by atoms with Crippen LogP contribution >= 0.6 is 0 Å². The van der Waals surface area contributed by atoms with Gasteiger partial charge in [-0.2, -0.15) is 0 Å². The predicted octanol–water partition coefficient (Wildman–Crippen LogP) is -0.302. The van der Waals surface area contributed by atoms with Crippen molar-refractivity contribution in [1.29, 1.82) is 0 Å². The van der Waals surface area contributed by atoms with Crippen molar-refractivity contribution in [2.45, 2.75) is 18.9 Å². The van der Waals surface area contributed by atoms with E-state index in [0.717, 1.165) is 32.6 Å². The second kappa shape index (κ2) is 6.35. The minimum absolute atomic E-state index is 0.155. The van der Waals surface area contributed by atoms with Crippen molar-refractivity contribution in [1.82, 2.24) is 4.90 Å². The fraction of sp³-hybridized carbons (Fsp3) is 1.00. The largest absolute Gasteiger partial charge is 0.394 e. The molecule has 0 aromatic carbocycles. The van der Waals surface area contributed by atoms with Gasteiger partial charge < -0.3 is 19.8 Å².